The zero-order valence-electron chi connectivity index (χ0n) is 27.4. The molecule has 0 saturated carbocycles. The standard InChI is InChI=1S/C28H44N6O13S2/c1-27(2,15-28(3,4)26(40)41)25(39)34-20(14-49(45,46)47)24(38)33-19(13-48(42,43)44)23(37)32-18(21(30)35)7-5-6-12-31-22(36)16-8-10-17(29)11-9-16/h8-11,18-20H,5-7,12-15,29H2,1-4H3,(H2,30,35)(H,31,36)(H,32,37)(H,33,38)(H,34,39)(H,40,41)(H,42,43,44)(H,45,46,47). The van der Waals surface area contributed by atoms with Gasteiger partial charge in [-0.1, -0.05) is 13.8 Å². The number of rotatable bonds is 20. The molecule has 19 nitrogen and oxygen atoms in total. The molecule has 3 unspecified atom stereocenters. The van der Waals surface area contributed by atoms with Gasteiger partial charge in [-0.25, -0.2) is 0 Å². The molecule has 11 N–H and O–H groups in total. The number of carboxylic acid groups (broad SMARTS) is 1. The molecule has 1 rings (SSSR count). The fraction of sp³-hybridized carbons (Fsp3) is 0.571. The van der Waals surface area contributed by atoms with E-state index in [1.54, 1.807) is 12.1 Å². The van der Waals surface area contributed by atoms with Crippen LogP contribution in [-0.2, 0) is 44.2 Å². The molecule has 1 aromatic rings. The molecule has 5 amide bonds. The number of amides is 5. The van der Waals surface area contributed by atoms with Gasteiger partial charge < -0.3 is 37.8 Å². The van der Waals surface area contributed by atoms with Crippen molar-refractivity contribution in [3.8, 4) is 0 Å². The second-order valence-electron chi connectivity index (χ2n) is 12.7. The van der Waals surface area contributed by atoms with Gasteiger partial charge in [-0.15, -0.1) is 0 Å². The molecule has 0 fully saturated rings. The van der Waals surface area contributed by atoms with Crippen LogP contribution in [0.2, 0.25) is 0 Å². The predicted octanol–water partition coefficient (Wildman–Crippen LogP) is -1.59. The Morgan fingerprint density at radius 1 is 0.755 bits per heavy atom. The largest absolute Gasteiger partial charge is 0.481 e. The van der Waals surface area contributed by atoms with Crippen LogP contribution in [-0.4, -0.2) is 103 Å². The Bertz CT molecular complexity index is 1610. The average molecular weight is 737 g/mol. The van der Waals surface area contributed by atoms with E-state index in [4.69, 9.17) is 11.5 Å². The summed E-state index contributed by atoms with van der Waals surface area (Å²) in [5.74, 6) is -9.46. The zero-order chi connectivity index (χ0) is 38.0. The number of carbonyl (C=O) groups excluding carboxylic acids is 5. The van der Waals surface area contributed by atoms with Crippen LogP contribution >= 0.6 is 0 Å². The quantitative estimate of drug-likeness (QED) is 0.0414. The number of unbranched alkanes of at least 4 members (excludes halogenated alkanes) is 1. The fourth-order valence-corrected chi connectivity index (χ4v) is 5.96. The van der Waals surface area contributed by atoms with Gasteiger partial charge in [0.15, 0.2) is 0 Å². The summed E-state index contributed by atoms with van der Waals surface area (Å²) in [5.41, 5.74) is 8.82. The van der Waals surface area contributed by atoms with Crippen molar-refractivity contribution in [3.63, 3.8) is 0 Å². The van der Waals surface area contributed by atoms with Crippen LogP contribution in [0.5, 0.6) is 0 Å². The van der Waals surface area contributed by atoms with Crippen molar-refractivity contribution in [1.29, 1.82) is 0 Å². The molecule has 0 spiro atoms. The SMILES string of the molecule is CC(C)(CC(C)(C)C(=O)NC(CS(=O)(=O)O)C(=O)NC(CS(=O)(=O)O)C(=O)NC(CCCCNC(=O)c1ccc(N)cc1)C(N)=O)C(=O)O. The second kappa shape index (κ2) is 17.4. The van der Waals surface area contributed by atoms with Crippen LogP contribution in [0, 0.1) is 10.8 Å². The molecular weight excluding hydrogens is 692 g/mol. The molecular formula is C28H44N6O13S2. The Labute approximate surface area is 283 Å². The summed E-state index contributed by atoms with van der Waals surface area (Å²) in [4.78, 5) is 75.1. The van der Waals surface area contributed by atoms with E-state index in [9.17, 15) is 59.8 Å². The van der Waals surface area contributed by atoms with Crippen molar-refractivity contribution in [2.45, 2.75) is 71.5 Å². The Morgan fingerprint density at radius 2 is 1.22 bits per heavy atom. The number of carbonyl (C=O) groups is 6. The van der Waals surface area contributed by atoms with Gasteiger partial charge in [0.2, 0.25) is 23.6 Å². The molecule has 0 aliphatic rings. The second-order valence-corrected chi connectivity index (χ2v) is 15.7. The molecule has 0 aliphatic heterocycles. The summed E-state index contributed by atoms with van der Waals surface area (Å²) in [7, 11) is -10.0. The smallest absolute Gasteiger partial charge is 0.309 e. The lowest BCUT2D eigenvalue weighted by Crippen LogP contribution is -2.60. The Balaban J connectivity index is 3.05. The van der Waals surface area contributed by atoms with E-state index >= 15 is 0 Å². The fourth-order valence-electron chi connectivity index (χ4n) is 4.64. The summed E-state index contributed by atoms with van der Waals surface area (Å²) in [6.07, 6.45) is 0.123. The topological polar surface area (TPSA) is 332 Å². The highest BCUT2D eigenvalue weighted by Crippen LogP contribution is 2.34. The van der Waals surface area contributed by atoms with Crippen molar-refractivity contribution >= 4 is 61.4 Å². The number of aliphatic carboxylic acids is 1. The van der Waals surface area contributed by atoms with Crippen LogP contribution in [0.1, 0.15) is 63.7 Å². The van der Waals surface area contributed by atoms with Crippen molar-refractivity contribution in [3.05, 3.63) is 29.8 Å². The minimum Gasteiger partial charge on any atom is -0.481 e. The number of nitrogens with two attached hydrogens (primary N) is 2. The van der Waals surface area contributed by atoms with Gasteiger partial charge >= 0.3 is 5.97 Å². The first-order valence-corrected chi connectivity index (χ1v) is 17.9. The third-order valence-electron chi connectivity index (χ3n) is 7.12. The van der Waals surface area contributed by atoms with Crippen LogP contribution < -0.4 is 32.7 Å². The van der Waals surface area contributed by atoms with E-state index in [1.165, 1.54) is 39.8 Å². The number of hydrogen-bond acceptors (Lipinski definition) is 11. The lowest BCUT2D eigenvalue weighted by atomic mass is 9.74. The van der Waals surface area contributed by atoms with Gasteiger partial charge in [0.1, 0.15) is 29.6 Å². The maximum absolute atomic E-state index is 13.1. The highest BCUT2D eigenvalue weighted by atomic mass is 32.2. The monoisotopic (exact) mass is 736 g/mol. The lowest BCUT2D eigenvalue weighted by molar-refractivity contribution is -0.150. The normalized spacial score (nSPS) is 14.1. The first-order valence-electron chi connectivity index (χ1n) is 14.7. The number of hydrogen-bond donors (Lipinski definition) is 9. The van der Waals surface area contributed by atoms with Crippen LogP contribution in [0.15, 0.2) is 24.3 Å². The van der Waals surface area contributed by atoms with Crippen molar-refractivity contribution in [2.75, 3.05) is 23.8 Å². The van der Waals surface area contributed by atoms with E-state index in [-0.39, 0.29) is 31.7 Å². The number of nitrogens with one attached hydrogen (secondary N) is 4. The predicted molar refractivity (Wildman–Crippen MR) is 175 cm³/mol. The maximum Gasteiger partial charge on any atom is 0.309 e. The van der Waals surface area contributed by atoms with Gasteiger partial charge in [0.05, 0.1) is 5.41 Å². The summed E-state index contributed by atoms with van der Waals surface area (Å²) in [6.45, 7) is 5.43. The van der Waals surface area contributed by atoms with E-state index in [0.717, 1.165) is 0 Å². The van der Waals surface area contributed by atoms with Crippen molar-refractivity contribution < 1.29 is 59.8 Å². The van der Waals surface area contributed by atoms with Gasteiger partial charge in [-0.3, -0.25) is 37.9 Å². The summed E-state index contributed by atoms with van der Waals surface area (Å²) < 4.78 is 65.6. The van der Waals surface area contributed by atoms with Crippen molar-refractivity contribution in [2.24, 2.45) is 16.6 Å². The molecule has 0 bridgehead atoms. The number of benzene rings is 1. The highest BCUT2D eigenvalue weighted by molar-refractivity contribution is 7.86. The Morgan fingerprint density at radius 3 is 1.67 bits per heavy atom. The summed E-state index contributed by atoms with van der Waals surface area (Å²) in [6, 6.07) is 0.410. The van der Waals surface area contributed by atoms with E-state index in [2.05, 4.69) is 16.0 Å². The molecule has 49 heavy (non-hydrogen) atoms. The van der Waals surface area contributed by atoms with E-state index in [1.807, 2.05) is 5.32 Å². The molecule has 21 heteroatoms. The Kier molecular flexibility index (Phi) is 15.1. The van der Waals surface area contributed by atoms with Crippen LogP contribution in [0.25, 0.3) is 0 Å². The van der Waals surface area contributed by atoms with Gasteiger partial charge in [-0.05, 0) is 63.8 Å². The molecule has 3 atom stereocenters. The summed E-state index contributed by atoms with van der Waals surface area (Å²) >= 11 is 0. The third kappa shape index (κ3) is 15.6. The number of anilines is 1. The molecule has 1 aromatic carbocycles. The van der Waals surface area contributed by atoms with E-state index < -0.39 is 90.3 Å². The molecule has 0 heterocycles. The Hall–Kier alpha value is -4.34. The lowest BCUT2D eigenvalue weighted by Gasteiger charge is -2.32. The first-order chi connectivity index (χ1) is 22.2. The van der Waals surface area contributed by atoms with E-state index in [0.29, 0.717) is 17.7 Å². The maximum atomic E-state index is 13.1. The molecule has 0 saturated heterocycles. The van der Waals surface area contributed by atoms with Gasteiger partial charge in [0, 0.05) is 23.2 Å². The molecule has 276 valence electrons. The zero-order valence-corrected chi connectivity index (χ0v) is 29.0. The minimum atomic E-state index is -5.01. The van der Waals surface area contributed by atoms with Gasteiger partial charge in [-0.2, -0.15) is 16.8 Å². The molecule has 0 aliphatic carbocycles. The van der Waals surface area contributed by atoms with Crippen LogP contribution in [0.3, 0.4) is 0 Å². The highest BCUT2D eigenvalue weighted by Gasteiger charge is 2.41. The third-order valence-corrected chi connectivity index (χ3v) is 8.63. The first kappa shape index (κ1) is 42.7. The van der Waals surface area contributed by atoms with Gasteiger partial charge in [0.25, 0.3) is 26.1 Å². The number of primary amides is 1. The summed E-state index contributed by atoms with van der Waals surface area (Å²) in [5, 5.41) is 18.2. The number of carboxylic acids is 1. The minimum absolute atomic E-state index is 0.103. The average Bonchev–Trinajstić information content (AvgIpc) is 2.93. The molecule has 0 radical (unpaired) electrons. The molecule has 0 aromatic heterocycles. The van der Waals surface area contributed by atoms with Crippen LogP contribution in [0.4, 0.5) is 5.69 Å². The number of nitrogen functional groups attached to an aromatic ring is 1. The van der Waals surface area contributed by atoms with Crippen molar-refractivity contribution in [1.82, 2.24) is 21.3 Å².